The maximum atomic E-state index is 12.3. The molecule has 0 unspecified atom stereocenters. The van der Waals surface area contributed by atoms with Gasteiger partial charge in [0, 0.05) is 24.7 Å². The lowest BCUT2D eigenvalue weighted by molar-refractivity contribution is -0.133. The number of carbonyl (C=O) groups excluding carboxylic acids is 3. The largest absolute Gasteiger partial charge is 0.495 e. The van der Waals surface area contributed by atoms with E-state index in [-0.39, 0.29) is 5.91 Å². The van der Waals surface area contributed by atoms with Gasteiger partial charge >= 0.3 is 11.8 Å². The number of methoxy groups -OCH3 is 2. The fraction of sp³-hybridized carbons (Fsp3) is 0.286. The van der Waals surface area contributed by atoms with E-state index in [1.165, 1.54) is 14.2 Å². The van der Waals surface area contributed by atoms with Crippen LogP contribution >= 0.6 is 0 Å². The highest BCUT2D eigenvalue weighted by Crippen LogP contribution is 2.34. The van der Waals surface area contributed by atoms with Crippen LogP contribution in [-0.2, 0) is 14.4 Å². The van der Waals surface area contributed by atoms with Crippen LogP contribution < -0.4 is 25.0 Å². The molecule has 2 aromatic carbocycles. The highest BCUT2D eigenvalue weighted by molar-refractivity contribution is 6.43. The average Bonchev–Trinajstić information content (AvgIpc) is 3.13. The maximum absolute atomic E-state index is 12.3. The van der Waals surface area contributed by atoms with Gasteiger partial charge in [-0.15, -0.1) is 0 Å². The van der Waals surface area contributed by atoms with Crippen molar-refractivity contribution in [1.82, 2.24) is 0 Å². The number of amides is 3. The molecule has 1 aliphatic rings. The third-order valence-corrected chi connectivity index (χ3v) is 4.61. The molecule has 1 saturated heterocycles. The minimum absolute atomic E-state index is 0.0339. The van der Waals surface area contributed by atoms with Crippen molar-refractivity contribution in [2.75, 3.05) is 36.3 Å². The van der Waals surface area contributed by atoms with E-state index in [1.807, 2.05) is 13.0 Å². The van der Waals surface area contributed by atoms with Crippen molar-refractivity contribution in [2.45, 2.75) is 19.8 Å². The Balaban J connectivity index is 1.72. The van der Waals surface area contributed by atoms with Gasteiger partial charge in [-0.1, -0.05) is 6.07 Å². The van der Waals surface area contributed by atoms with Crippen LogP contribution in [0.5, 0.6) is 11.5 Å². The van der Waals surface area contributed by atoms with E-state index in [2.05, 4.69) is 10.6 Å². The Hall–Kier alpha value is -3.55. The highest BCUT2D eigenvalue weighted by Gasteiger charge is 2.25. The molecule has 1 fully saturated rings. The summed E-state index contributed by atoms with van der Waals surface area (Å²) in [6, 6.07) is 10.2. The fourth-order valence-electron chi connectivity index (χ4n) is 3.17. The van der Waals surface area contributed by atoms with E-state index in [0.29, 0.717) is 41.5 Å². The van der Waals surface area contributed by atoms with Crippen LogP contribution in [0.2, 0.25) is 0 Å². The molecule has 0 aromatic heterocycles. The summed E-state index contributed by atoms with van der Waals surface area (Å²) in [5.74, 6) is -0.726. The second kappa shape index (κ2) is 8.64. The minimum Gasteiger partial charge on any atom is -0.495 e. The number of rotatable bonds is 5. The summed E-state index contributed by atoms with van der Waals surface area (Å²) in [5, 5.41) is 5.10. The first-order valence-electron chi connectivity index (χ1n) is 9.18. The Morgan fingerprint density at radius 3 is 2.34 bits per heavy atom. The summed E-state index contributed by atoms with van der Waals surface area (Å²) < 4.78 is 10.6. The molecule has 0 spiro atoms. The molecule has 3 rings (SSSR count). The molecule has 1 heterocycles. The molecule has 3 amide bonds. The minimum atomic E-state index is -0.833. The Bertz CT molecular complexity index is 957. The zero-order valence-electron chi connectivity index (χ0n) is 16.6. The Kier molecular flexibility index (Phi) is 6.01. The SMILES string of the molecule is COc1ccc(C)cc1NC(=O)C(=O)Nc1ccc(N2CCCC2=O)c(OC)c1. The van der Waals surface area contributed by atoms with Gasteiger partial charge in [0.25, 0.3) is 0 Å². The molecule has 0 bridgehead atoms. The third kappa shape index (κ3) is 4.48. The summed E-state index contributed by atoms with van der Waals surface area (Å²) in [6.45, 7) is 2.50. The van der Waals surface area contributed by atoms with E-state index in [1.54, 1.807) is 35.2 Å². The van der Waals surface area contributed by atoms with Gasteiger partial charge in [0.2, 0.25) is 5.91 Å². The Morgan fingerprint density at radius 1 is 0.966 bits per heavy atom. The summed E-state index contributed by atoms with van der Waals surface area (Å²) >= 11 is 0. The first-order valence-corrected chi connectivity index (χ1v) is 9.18. The normalized spacial score (nSPS) is 13.2. The number of hydrogen-bond donors (Lipinski definition) is 2. The van der Waals surface area contributed by atoms with Crippen LogP contribution in [-0.4, -0.2) is 38.5 Å². The quantitative estimate of drug-likeness (QED) is 0.756. The van der Waals surface area contributed by atoms with Crippen molar-refractivity contribution in [3.63, 3.8) is 0 Å². The first-order chi connectivity index (χ1) is 13.9. The van der Waals surface area contributed by atoms with Crippen LogP contribution in [0.4, 0.5) is 17.1 Å². The molecule has 2 aromatic rings. The molecule has 1 aliphatic heterocycles. The van der Waals surface area contributed by atoms with Crippen LogP contribution in [0.25, 0.3) is 0 Å². The van der Waals surface area contributed by atoms with Crippen molar-refractivity contribution in [2.24, 2.45) is 0 Å². The molecule has 152 valence electrons. The second-order valence-corrected chi connectivity index (χ2v) is 6.65. The summed E-state index contributed by atoms with van der Waals surface area (Å²) in [7, 11) is 2.97. The van der Waals surface area contributed by atoms with E-state index < -0.39 is 11.8 Å². The molecular formula is C21H23N3O5. The lowest BCUT2D eigenvalue weighted by Crippen LogP contribution is -2.29. The van der Waals surface area contributed by atoms with Crippen molar-refractivity contribution in [3.8, 4) is 11.5 Å². The van der Waals surface area contributed by atoms with Gasteiger partial charge in [-0.25, -0.2) is 0 Å². The maximum Gasteiger partial charge on any atom is 0.314 e. The van der Waals surface area contributed by atoms with Gasteiger partial charge in [0.05, 0.1) is 25.6 Å². The summed E-state index contributed by atoms with van der Waals surface area (Å²) in [4.78, 5) is 38.3. The molecule has 0 saturated carbocycles. The summed E-state index contributed by atoms with van der Waals surface area (Å²) in [5.41, 5.74) is 2.35. The monoisotopic (exact) mass is 397 g/mol. The first kappa shape index (κ1) is 20.2. The number of aryl methyl sites for hydroxylation is 1. The van der Waals surface area contributed by atoms with E-state index in [9.17, 15) is 14.4 Å². The summed E-state index contributed by atoms with van der Waals surface area (Å²) in [6.07, 6.45) is 1.30. The molecule has 0 aliphatic carbocycles. The molecule has 29 heavy (non-hydrogen) atoms. The molecule has 0 atom stereocenters. The predicted octanol–water partition coefficient (Wildman–Crippen LogP) is 2.72. The van der Waals surface area contributed by atoms with E-state index in [0.717, 1.165) is 12.0 Å². The van der Waals surface area contributed by atoms with Crippen LogP contribution in [0.1, 0.15) is 18.4 Å². The number of hydrogen-bond acceptors (Lipinski definition) is 5. The average molecular weight is 397 g/mol. The van der Waals surface area contributed by atoms with Crippen LogP contribution in [0, 0.1) is 6.92 Å². The highest BCUT2D eigenvalue weighted by atomic mass is 16.5. The van der Waals surface area contributed by atoms with Gasteiger partial charge in [-0.3, -0.25) is 14.4 Å². The third-order valence-electron chi connectivity index (χ3n) is 4.61. The zero-order valence-corrected chi connectivity index (χ0v) is 16.6. The number of anilines is 3. The van der Waals surface area contributed by atoms with Gasteiger partial charge in [-0.2, -0.15) is 0 Å². The number of carbonyl (C=O) groups is 3. The lowest BCUT2D eigenvalue weighted by Gasteiger charge is -2.19. The van der Waals surface area contributed by atoms with Crippen LogP contribution in [0.15, 0.2) is 36.4 Å². The fourth-order valence-corrected chi connectivity index (χ4v) is 3.17. The van der Waals surface area contributed by atoms with E-state index in [4.69, 9.17) is 9.47 Å². The number of benzene rings is 2. The number of nitrogens with zero attached hydrogens (tertiary/aromatic N) is 1. The Labute approximate surface area is 168 Å². The number of nitrogens with one attached hydrogen (secondary N) is 2. The van der Waals surface area contributed by atoms with Gasteiger partial charge in [0.15, 0.2) is 0 Å². The van der Waals surface area contributed by atoms with Crippen molar-refractivity contribution in [1.29, 1.82) is 0 Å². The number of ether oxygens (including phenoxy) is 2. The lowest BCUT2D eigenvalue weighted by atomic mass is 10.2. The van der Waals surface area contributed by atoms with Crippen molar-refractivity contribution < 1.29 is 23.9 Å². The molecule has 2 N–H and O–H groups in total. The standard InChI is InChI=1S/C21H23N3O5/c1-13-6-9-17(28-2)15(11-13)23-21(27)20(26)22-14-7-8-16(18(12-14)29-3)24-10-4-5-19(24)25/h6-9,11-12H,4-5,10H2,1-3H3,(H,22,26)(H,23,27). The molecule has 8 heteroatoms. The molecule has 0 radical (unpaired) electrons. The second-order valence-electron chi connectivity index (χ2n) is 6.65. The van der Waals surface area contributed by atoms with Crippen molar-refractivity contribution >= 4 is 34.8 Å². The Morgan fingerprint density at radius 2 is 1.69 bits per heavy atom. The molecular weight excluding hydrogens is 374 g/mol. The van der Waals surface area contributed by atoms with Crippen molar-refractivity contribution in [3.05, 3.63) is 42.0 Å². The molecule has 8 nitrogen and oxygen atoms in total. The topological polar surface area (TPSA) is 97.0 Å². The van der Waals surface area contributed by atoms with E-state index >= 15 is 0 Å². The van der Waals surface area contributed by atoms with Crippen LogP contribution in [0.3, 0.4) is 0 Å². The smallest absolute Gasteiger partial charge is 0.314 e. The van der Waals surface area contributed by atoms with Gasteiger partial charge < -0.3 is 25.0 Å². The predicted molar refractivity (Wildman–Crippen MR) is 110 cm³/mol. The zero-order chi connectivity index (χ0) is 21.0. The van der Waals surface area contributed by atoms with Gasteiger partial charge in [0.1, 0.15) is 11.5 Å². The van der Waals surface area contributed by atoms with Gasteiger partial charge in [-0.05, 0) is 43.2 Å².